The molecular formula is C10H22N2O2. The zero-order valence-corrected chi connectivity index (χ0v) is 9.74. The van der Waals surface area contributed by atoms with E-state index in [1.54, 1.807) is 11.8 Å². The predicted octanol–water partition coefficient (Wildman–Crippen LogP) is 1.20. The largest absolute Gasteiger partial charge is 0.392 e. The Labute approximate surface area is 86.3 Å². The zero-order valence-electron chi connectivity index (χ0n) is 9.74. The molecule has 0 bridgehead atoms. The standard InChI is InChI=1S/C10H22N2O2/c1-7(2)11-10(14)12(8(3)4)6-9(5)13/h7-9,13H,6H2,1-5H3,(H,11,14). The van der Waals surface area contributed by atoms with Crippen LogP contribution in [0.2, 0.25) is 0 Å². The first-order valence-corrected chi connectivity index (χ1v) is 5.09. The molecule has 0 heterocycles. The van der Waals surface area contributed by atoms with Gasteiger partial charge in [-0.1, -0.05) is 0 Å². The van der Waals surface area contributed by atoms with E-state index in [0.717, 1.165) is 0 Å². The molecule has 0 aromatic carbocycles. The summed E-state index contributed by atoms with van der Waals surface area (Å²) in [6.45, 7) is 9.75. The van der Waals surface area contributed by atoms with Crippen LogP contribution in [0.25, 0.3) is 0 Å². The molecule has 0 fully saturated rings. The number of amides is 2. The molecule has 0 radical (unpaired) electrons. The van der Waals surface area contributed by atoms with E-state index in [9.17, 15) is 9.90 Å². The molecule has 84 valence electrons. The minimum Gasteiger partial charge on any atom is -0.392 e. The first kappa shape index (κ1) is 13.2. The van der Waals surface area contributed by atoms with Gasteiger partial charge in [-0.3, -0.25) is 0 Å². The Hall–Kier alpha value is -0.770. The summed E-state index contributed by atoms with van der Waals surface area (Å²) in [4.78, 5) is 13.3. The summed E-state index contributed by atoms with van der Waals surface area (Å²) < 4.78 is 0. The Balaban J connectivity index is 4.26. The lowest BCUT2D eigenvalue weighted by molar-refractivity contribution is 0.118. The smallest absolute Gasteiger partial charge is 0.317 e. The van der Waals surface area contributed by atoms with Gasteiger partial charge in [0.25, 0.3) is 0 Å². The Kier molecular flexibility index (Phi) is 5.53. The molecule has 0 aromatic rings. The van der Waals surface area contributed by atoms with E-state index in [4.69, 9.17) is 0 Å². The average Bonchev–Trinajstić information content (AvgIpc) is 1.97. The topological polar surface area (TPSA) is 52.6 Å². The SMILES string of the molecule is CC(O)CN(C(=O)NC(C)C)C(C)C. The number of rotatable bonds is 4. The lowest BCUT2D eigenvalue weighted by Crippen LogP contribution is -2.48. The van der Waals surface area contributed by atoms with Crippen LogP contribution in [0.1, 0.15) is 34.6 Å². The number of aliphatic hydroxyl groups excluding tert-OH is 1. The predicted molar refractivity (Wildman–Crippen MR) is 57.2 cm³/mol. The molecule has 4 nitrogen and oxygen atoms in total. The van der Waals surface area contributed by atoms with Gasteiger partial charge in [0.2, 0.25) is 0 Å². The fourth-order valence-corrected chi connectivity index (χ4v) is 1.14. The van der Waals surface area contributed by atoms with E-state index < -0.39 is 6.10 Å². The average molecular weight is 202 g/mol. The number of urea groups is 1. The number of aliphatic hydroxyl groups is 1. The molecule has 4 heteroatoms. The highest BCUT2D eigenvalue weighted by molar-refractivity contribution is 5.74. The van der Waals surface area contributed by atoms with Gasteiger partial charge in [-0.05, 0) is 34.6 Å². The van der Waals surface area contributed by atoms with Crippen LogP contribution >= 0.6 is 0 Å². The van der Waals surface area contributed by atoms with E-state index in [0.29, 0.717) is 6.54 Å². The van der Waals surface area contributed by atoms with Crippen molar-refractivity contribution in [2.45, 2.75) is 52.8 Å². The number of hydrogen-bond donors (Lipinski definition) is 2. The normalized spacial score (nSPS) is 13.1. The van der Waals surface area contributed by atoms with Crippen LogP contribution in [0.4, 0.5) is 4.79 Å². The van der Waals surface area contributed by atoms with Crippen molar-refractivity contribution >= 4 is 6.03 Å². The molecule has 14 heavy (non-hydrogen) atoms. The van der Waals surface area contributed by atoms with Crippen molar-refractivity contribution in [2.75, 3.05) is 6.54 Å². The fourth-order valence-electron chi connectivity index (χ4n) is 1.14. The fraction of sp³-hybridized carbons (Fsp3) is 0.900. The molecule has 0 saturated heterocycles. The van der Waals surface area contributed by atoms with Crippen LogP contribution in [0.15, 0.2) is 0 Å². The van der Waals surface area contributed by atoms with Gasteiger partial charge in [-0.2, -0.15) is 0 Å². The van der Waals surface area contributed by atoms with Crippen LogP contribution in [0.5, 0.6) is 0 Å². The molecule has 0 aliphatic rings. The van der Waals surface area contributed by atoms with E-state index in [-0.39, 0.29) is 18.1 Å². The Morgan fingerprint density at radius 2 is 1.79 bits per heavy atom. The van der Waals surface area contributed by atoms with Gasteiger partial charge in [0.05, 0.1) is 6.10 Å². The van der Waals surface area contributed by atoms with Crippen LogP contribution in [0, 0.1) is 0 Å². The molecule has 2 N–H and O–H groups in total. The Bertz CT molecular complexity index is 179. The van der Waals surface area contributed by atoms with E-state index in [2.05, 4.69) is 5.32 Å². The number of nitrogens with zero attached hydrogens (tertiary/aromatic N) is 1. The Morgan fingerprint density at radius 1 is 1.29 bits per heavy atom. The molecule has 0 aliphatic carbocycles. The second-order valence-corrected chi connectivity index (χ2v) is 4.20. The summed E-state index contributed by atoms with van der Waals surface area (Å²) in [6.07, 6.45) is -0.490. The summed E-state index contributed by atoms with van der Waals surface area (Å²) in [5, 5.41) is 12.0. The van der Waals surface area contributed by atoms with Crippen molar-refractivity contribution in [3.8, 4) is 0 Å². The van der Waals surface area contributed by atoms with E-state index >= 15 is 0 Å². The molecule has 0 aromatic heterocycles. The number of carbonyl (C=O) groups excluding carboxylic acids is 1. The van der Waals surface area contributed by atoms with Crippen LogP contribution in [-0.2, 0) is 0 Å². The number of nitrogens with one attached hydrogen (secondary N) is 1. The van der Waals surface area contributed by atoms with Gasteiger partial charge in [0.1, 0.15) is 0 Å². The summed E-state index contributed by atoms with van der Waals surface area (Å²) in [5.74, 6) is 0. The molecular weight excluding hydrogens is 180 g/mol. The minimum absolute atomic E-state index is 0.100. The third-order valence-electron chi connectivity index (χ3n) is 1.76. The lowest BCUT2D eigenvalue weighted by atomic mass is 10.3. The summed E-state index contributed by atoms with van der Waals surface area (Å²) >= 11 is 0. The molecule has 1 unspecified atom stereocenters. The molecule has 1 atom stereocenters. The van der Waals surface area contributed by atoms with Gasteiger partial charge >= 0.3 is 6.03 Å². The van der Waals surface area contributed by atoms with Crippen molar-refractivity contribution in [1.29, 1.82) is 0 Å². The summed E-state index contributed by atoms with van der Waals surface area (Å²) in [6, 6.07) is 0.108. The van der Waals surface area contributed by atoms with Gasteiger partial charge in [0.15, 0.2) is 0 Å². The molecule has 0 aliphatic heterocycles. The Morgan fingerprint density at radius 3 is 2.07 bits per heavy atom. The van der Waals surface area contributed by atoms with Crippen LogP contribution in [0.3, 0.4) is 0 Å². The highest BCUT2D eigenvalue weighted by Crippen LogP contribution is 2.01. The number of carbonyl (C=O) groups is 1. The monoisotopic (exact) mass is 202 g/mol. The van der Waals surface area contributed by atoms with E-state index in [1.165, 1.54) is 0 Å². The highest BCUT2D eigenvalue weighted by Gasteiger charge is 2.18. The molecule has 0 saturated carbocycles. The van der Waals surface area contributed by atoms with Gasteiger partial charge in [0, 0.05) is 18.6 Å². The zero-order chi connectivity index (χ0) is 11.3. The van der Waals surface area contributed by atoms with Gasteiger partial charge in [-0.25, -0.2) is 4.79 Å². The van der Waals surface area contributed by atoms with Crippen molar-refractivity contribution in [1.82, 2.24) is 10.2 Å². The summed E-state index contributed by atoms with van der Waals surface area (Å²) in [5.41, 5.74) is 0. The van der Waals surface area contributed by atoms with E-state index in [1.807, 2.05) is 27.7 Å². The quantitative estimate of drug-likeness (QED) is 0.719. The lowest BCUT2D eigenvalue weighted by Gasteiger charge is -2.29. The van der Waals surface area contributed by atoms with Crippen molar-refractivity contribution in [3.63, 3.8) is 0 Å². The molecule has 0 rings (SSSR count). The molecule has 2 amide bonds. The second-order valence-electron chi connectivity index (χ2n) is 4.20. The third kappa shape index (κ3) is 5.07. The van der Waals surface area contributed by atoms with Crippen molar-refractivity contribution in [2.24, 2.45) is 0 Å². The van der Waals surface area contributed by atoms with Gasteiger partial charge in [-0.15, -0.1) is 0 Å². The third-order valence-corrected chi connectivity index (χ3v) is 1.76. The maximum Gasteiger partial charge on any atom is 0.317 e. The molecule has 0 spiro atoms. The second kappa shape index (κ2) is 5.86. The first-order valence-electron chi connectivity index (χ1n) is 5.09. The minimum atomic E-state index is -0.490. The highest BCUT2D eigenvalue weighted by atomic mass is 16.3. The number of hydrogen-bond acceptors (Lipinski definition) is 2. The van der Waals surface area contributed by atoms with Gasteiger partial charge < -0.3 is 15.3 Å². The van der Waals surface area contributed by atoms with Crippen LogP contribution < -0.4 is 5.32 Å². The first-order chi connectivity index (χ1) is 6.34. The van der Waals surface area contributed by atoms with Crippen molar-refractivity contribution < 1.29 is 9.90 Å². The maximum absolute atomic E-state index is 11.6. The summed E-state index contributed by atoms with van der Waals surface area (Å²) in [7, 11) is 0. The van der Waals surface area contributed by atoms with Crippen LogP contribution in [-0.4, -0.2) is 40.8 Å². The van der Waals surface area contributed by atoms with Crippen molar-refractivity contribution in [3.05, 3.63) is 0 Å². The maximum atomic E-state index is 11.6.